The largest absolute Gasteiger partial charge is 0.457 e. The van der Waals surface area contributed by atoms with Gasteiger partial charge in [-0.1, -0.05) is 30.3 Å². The molecule has 0 aliphatic rings. The fourth-order valence-corrected chi connectivity index (χ4v) is 3.42. The van der Waals surface area contributed by atoms with E-state index in [2.05, 4.69) is 15.9 Å². The molecule has 0 saturated carbocycles. The third-order valence-electron chi connectivity index (χ3n) is 3.04. The Morgan fingerprint density at radius 1 is 0.857 bits per heavy atom. The van der Waals surface area contributed by atoms with E-state index in [9.17, 15) is 5.11 Å². The molecule has 2 aromatic carbocycles. The Morgan fingerprint density at radius 2 is 1.52 bits per heavy atom. The molecule has 0 fully saturated rings. The molecule has 0 bridgehead atoms. The first-order chi connectivity index (χ1) is 10.2. The number of hydrogen-bond donors (Lipinski definition) is 1. The molecule has 1 aromatic heterocycles. The standard InChI is InChI=1S/C17H13BrO2S/c18-16-11-10-15(21-16)17(19)12-6-8-14(9-7-12)20-13-4-2-1-3-5-13/h1-11,17,19H. The lowest BCUT2D eigenvalue weighted by Crippen LogP contribution is -1.96. The van der Waals surface area contributed by atoms with Crippen LogP contribution >= 0.6 is 27.3 Å². The maximum absolute atomic E-state index is 10.3. The summed E-state index contributed by atoms with van der Waals surface area (Å²) in [5.74, 6) is 1.55. The number of rotatable bonds is 4. The van der Waals surface area contributed by atoms with Crippen molar-refractivity contribution in [3.05, 3.63) is 81.0 Å². The Bertz CT molecular complexity index is 707. The summed E-state index contributed by atoms with van der Waals surface area (Å²) in [6.07, 6.45) is -0.605. The van der Waals surface area contributed by atoms with Gasteiger partial charge in [-0.05, 0) is 57.9 Å². The number of hydrogen-bond acceptors (Lipinski definition) is 3. The Kier molecular flexibility index (Phi) is 4.39. The lowest BCUT2D eigenvalue weighted by atomic mass is 10.1. The summed E-state index contributed by atoms with van der Waals surface area (Å²) < 4.78 is 6.75. The summed E-state index contributed by atoms with van der Waals surface area (Å²) in [7, 11) is 0. The molecule has 2 nitrogen and oxygen atoms in total. The van der Waals surface area contributed by atoms with Crippen molar-refractivity contribution < 1.29 is 9.84 Å². The van der Waals surface area contributed by atoms with Crippen LogP contribution in [0.5, 0.6) is 11.5 Å². The predicted molar refractivity (Wildman–Crippen MR) is 89.0 cm³/mol. The van der Waals surface area contributed by atoms with E-state index in [1.54, 1.807) is 0 Å². The first kappa shape index (κ1) is 14.3. The zero-order valence-electron chi connectivity index (χ0n) is 11.1. The van der Waals surface area contributed by atoms with Gasteiger partial charge in [0.25, 0.3) is 0 Å². The number of benzene rings is 2. The van der Waals surface area contributed by atoms with Crippen molar-refractivity contribution in [3.8, 4) is 11.5 Å². The van der Waals surface area contributed by atoms with Crippen LogP contribution in [0.3, 0.4) is 0 Å². The Morgan fingerprint density at radius 3 is 2.14 bits per heavy atom. The van der Waals surface area contributed by atoms with Gasteiger partial charge in [-0.2, -0.15) is 0 Å². The van der Waals surface area contributed by atoms with Crippen molar-refractivity contribution in [2.75, 3.05) is 0 Å². The number of aliphatic hydroxyl groups excluding tert-OH is 1. The van der Waals surface area contributed by atoms with Gasteiger partial charge in [-0.3, -0.25) is 0 Å². The van der Waals surface area contributed by atoms with E-state index >= 15 is 0 Å². The second-order valence-corrected chi connectivity index (χ2v) is 7.02. The highest BCUT2D eigenvalue weighted by molar-refractivity contribution is 9.11. The molecule has 3 rings (SSSR count). The van der Waals surface area contributed by atoms with Crippen LogP contribution in [0, 0.1) is 0 Å². The molecule has 0 radical (unpaired) electrons. The van der Waals surface area contributed by atoms with Gasteiger partial charge < -0.3 is 9.84 Å². The fraction of sp³-hybridized carbons (Fsp3) is 0.0588. The second kappa shape index (κ2) is 6.43. The molecule has 0 aliphatic carbocycles. The smallest absolute Gasteiger partial charge is 0.127 e. The summed E-state index contributed by atoms with van der Waals surface area (Å²) >= 11 is 4.94. The third kappa shape index (κ3) is 3.53. The van der Waals surface area contributed by atoms with Crippen molar-refractivity contribution in [2.45, 2.75) is 6.10 Å². The van der Waals surface area contributed by atoms with E-state index < -0.39 is 6.10 Å². The molecule has 0 spiro atoms. The van der Waals surface area contributed by atoms with Gasteiger partial charge in [-0.15, -0.1) is 11.3 Å². The van der Waals surface area contributed by atoms with Gasteiger partial charge in [0, 0.05) is 4.88 Å². The second-order valence-electron chi connectivity index (χ2n) is 4.53. The molecule has 4 heteroatoms. The van der Waals surface area contributed by atoms with Gasteiger partial charge in [0.1, 0.15) is 17.6 Å². The SMILES string of the molecule is OC(c1ccc(Oc2ccccc2)cc1)c1ccc(Br)s1. The van der Waals surface area contributed by atoms with Gasteiger partial charge in [-0.25, -0.2) is 0 Å². The molecule has 0 saturated heterocycles. The first-order valence-corrected chi connectivity index (χ1v) is 8.09. The van der Waals surface area contributed by atoms with Crippen molar-refractivity contribution in [2.24, 2.45) is 0 Å². The van der Waals surface area contributed by atoms with Crippen LogP contribution in [-0.2, 0) is 0 Å². The van der Waals surface area contributed by atoms with E-state index in [0.29, 0.717) is 0 Å². The van der Waals surface area contributed by atoms with Gasteiger partial charge in [0.15, 0.2) is 0 Å². The molecule has 106 valence electrons. The number of ether oxygens (including phenoxy) is 1. The minimum Gasteiger partial charge on any atom is -0.457 e. The number of halogens is 1. The van der Waals surface area contributed by atoms with Crippen LogP contribution in [0.1, 0.15) is 16.5 Å². The zero-order chi connectivity index (χ0) is 14.7. The maximum atomic E-state index is 10.3. The zero-order valence-corrected chi connectivity index (χ0v) is 13.5. The van der Waals surface area contributed by atoms with Crippen molar-refractivity contribution >= 4 is 27.3 Å². The first-order valence-electron chi connectivity index (χ1n) is 6.48. The van der Waals surface area contributed by atoms with Gasteiger partial charge in [0.05, 0.1) is 3.79 Å². The van der Waals surface area contributed by atoms with Crippen molar-refractivity contribution in [1.29, 1.82) is 0 Å². The summed E-state index contributed by atoms with van der Waals surface area (Å²) in [5.41, 5.74) is 0.852. The molecule has 3 aromatic rings. The number of aliphatic hydroxyl groups is 1. The van der Waals surface area contributed by atoms with E-state index in [4.69, 9.17) is 4.74 Å². The molecular weight excluding hydrogens is 348 g/mol. The van der Waals surface area contributed by atoms with Crippen molar-refractivity contribution in [1.82, 2.24) is 0 Å². The Balaban J connectivity index is 1.75. The normalized spacial score (nSPS) is 12.1. The highest BCUT2D eigenvalue weighted by Gasteiger charge is 2.12. The summed E-state index contributed by atoms with van der Waals surface area (Å²) in [6.45, 7) is 0. The average Bonchev–Trinajstić information content (AvgIpc) is 2.95. The Labute approximate surface area is 135 Å². The van der Waals surface area contributed by atoms with E-state index in [-0.39, 0.29) is 0 Å². The van der Waals surface area contributed by atoms with Crippen LogP contribution in [0.4, 0.5) is 0 Å². The summed E-state index contributed by atoms with van der Waals surface area (Å²) in [6, 6.07) is 21.0. The van der Waals surface area contributed by atoms with Gasteiger partial charge in [0.2, 0.25) is 0 Å². The van der Waals surface area contributed by atoms with Crippen LogP contribution < -0.4 is 4.74 Å². The van der Waals surface area contributed by atoms with Gasteiger partial charge >= 0.3 is 0 Å². The molecule has 1 heterocycles. The third-order valence-corrected chi connectivity index (χ3v) is 4.71. The molecule has 21 heavy (non-hydrogen) atoms. The number of para-hydroxylation sites is 1. The maximum Gasteiger partial charge on any atom is 0.127 e. The summed E-state index contributed by atoms with van der Waals surface area (Å²) in [4.78, 5) is 0.915. The Hall–Kier alpha value is -1.62. The van der Waals surface area contributed by atoms with Crippen LogP contribution in [0.2, 0.25) is 0 Å². The lowest BCUT2D eigenvalue weighted by Gasteiger charge is -2.10. The topological polar surface area (TPSA) is 29.5 Å². The fourth-order valence-electron chi connectivity index (χ4n) is 1.98. The quantitative estimate of drug-likeness (QED) is 0.676. The molecular formula is C17H13BrO2S. The number of thiophene rings is 1. The predicted octanol–water partition coefficient (Wildman–Crippen LogP) is 5.38. The minimum absolute atomic E-state index is 0.605. The molecule has 1 N–H and O–H groups in total. The highest BCUT2D eigenvalue weighted by Crippen LogP contribution is 2.32. The molecule has 1 unspecified atom stereocenters. The van der Waals surface area contributed by atoms with E-state index in [1.165, 1.54) is 11.3 Å². The monoisotopic (exact) mass is 360 g/mol. The van der Waals surface area contributed by atoms with E-state index in [0.717, 1.165) is 25.7 Å². The van der Waals surface area contributed by atoms with Crippen molar-refractivity contribution in [3.63, 3.8) is 0 Å². The summed E-state index contributed by atoms with van der Waals surface area (Å²) in [5, 5.41) is 10.3. The van der Waals surface area contributed by atoms with E-state index in [1.807, 2.05) is 66.7 Å². The average molecular weight is 361 g/mol. The van der Waals surface area contributed by atoms with Crippen LogP contribution in [-0.4, -0.2) is 5.11 Å². The highest BCUT2D eigenvalue weighted by atomic mass is 79.9. The van der Waals surface area contributed by atoms with Crippen LogP contribution in [0.25, 0.3) is 0 Å². The molecule has 1 atom stereocenters. The molecule has 0 aliphatic heterocycles. The van der Waals surface area contributed by atoms with Crippen LogP contribution in [0.15, 0.2) is 70.5 Å². The molecule has 0 amide bonds. The lowest BCUT2D eigenvalue weighted by molar-refractivity contribution is 0.224. The minimum atomic E-state index is -0.605.